The third-order valence-corrected chi connectivity index (χ3v) is 3.94. The molecule has 0 spiro atoms. The number of nitrogens with zero attached hydrogens (tertiary/aromatic N) is 2. The first kappa shape index (κ1) is 19.3. The second-order valence-corrected chi connectivity index (χ2v) is 5.82. The van der Waals surface area contributed by atoms with E-state index in [4.69, 9.17) is 16.3 Å². The number of carbonyl (C=O) groups excluding carboxylic acids is 2. The summed E-state index contributed by atoms with van der Waals surface area (Å²) in [6.07, 6.45) is 2.30. The minimum atomic E-state index is -0.129. The first-order valence-corrected chi connectivity index (χ1v) is 8.14. The van der Waals surface area contributed by atoms with Gasteiger partial charge in [0, 0.05) is 39.2 Å². The van der Waals surface area contributed by atoms with Crippen molar-refractivity contribution >= 4 is 29.1 Å². The number of hydrogen-bond donors (Lipinski definition) is 0. The molecule has 0 radical (unpaired) electrons. The molecule has 23 heavy (non-hydrogen) atoms. The van der Waals surface area contributed by atoms with Crippen LogP contribution in [0.4, 0.5) is 5.69 Å². The SMILES string of the molecule is CCCCN(C)C(=O)CCN(C(C)=O)c1ccc(OC)c(Cl)c1. The van der Waals surface area contributed by atoms with Gasteiger partial charge in [0.25, 0.3) is 0 Å². The van der Waals surface area contributed by atoms with Gasteiger partial charge in [-0.15, -0.1) is 0 Å². The van der Waals surface area contributed by atoms with Crippen LogP contribution in [0.25, 0.3) is 0 Å². The van der Waals surface area contributed by atoms with Crippen LogP contribution in [0.3, 0.4) is 0 Å². The standard InChI is InChI=1S/C17H25ClN2O3/c1-5-6-10-19(3)17(22)9-11-20(13(2)21)14-7-8-16(23-4)15(18)12-14/h7-8,12H,5-6,9-11H2,1-4H3. The third-order valence-electron chi connectivity index (χ3n) is 3.65. The molecule has 0 saturated heterocycles. The Morgan fingerprint density at radius 1 is 1.26 bits per heavy atom. The number of benzene rings is 1. The lowest BCUT2D eigenvalue weighted by molar-refractivity contribution is -0.129. The molecule has 0 heterocycles. The minimum absolute atomic E-state index is 0.0318. The number of anilines is 1. The van der Waals surface area contributed by atoms with Gasteiger partial charge in [0.2, 0.25) is 11.8 Å². The van der Waals surface area contributed by atoms with Crippen molar-refractivity contribution in [3.05, 3.63) is 23.2 Å². The smallest absolute Gasteiger partial charge is 0.224 e. The Morgan fingerprint density at radius 2 is 1.96 bits per heavy atom. The Kier molecular flexibility index (Phi) is 7.89. The highest BCUT2D eigenvalue weighted by Gasteiger charge is 2.16. The molecule has 0 bridgehead atoms. The van der Waals surface area contributed by atoms with Crippen molar-refractivity contribution in [3.8, 4) is 5.75 Å². The molecule has 1 aromatic carbocycles. The monoisotopic (exact) mass is 340 g/mol. The van der Waals surface area contributed by atoms with Crippen molar-refractivity contribution in [2.45, 2.75) is 33.1 Å². The van der Waals surface area contributed by atoms with Crippen molar-refractivity contribution in [2.24, 2.45) is 0 Å². The van der Waals surface area contributed by atoms with Gasteiger partial charge in [-0.3, -0.25) is 9.59 Å². The first-order chi connectivity index (χ1) is 10.9. The minimum Gasteiger partial charge on any atom is -0.495 e. The fourth-order valence-electron chi connectivity index (χ4n) is 2.21. The fourth-order valence-corrected chi connectivity index (χ4v) is 2.46. The van der Waals surface area contributed by atoms with E-state index in [0.717, 1.165) is 19.4 Å². The van der Waals surface area contributed by atoms with Gasteiger partial charge in [0.1, 0.15) is 5.75 Å². The van der Waals surface area contributed by atoms with Crippen LogP contribution in [0.5, 0.6) is 5.75 Å². The predicted octanol–water partition coefficient (Wildman–Crippen LogP) is 3.35. The van der Waals surface area contributed by atoms with Gasteiger partial charge >= 0.3 is 0 Å². The number of methoxy groups -OCH3 is 1. The molecule has 0 N–H and O–H groups in total. The number of unbranched alkanes of at least 4 members (excludes halogenated alkanes) is 1. The maximum absolute atomic E-state index is 12.1. The summed E-state index contributed by atoms with van der Waals surface area (Å²) < 4.78 is 5.11. The molecule has 0 unspecified atom stereocenters. The van der Waals surface area contributed by atoms with Crippen molar-refractivity contribution in [1.82, 2.24) is 4.90 Å². The van der Waals surface area contributed by atoms with Crippen LogP contribution in [0.2, 0.25) is 5.02 Å². The lowest BCUT2D eigenvalue weighted by atomic mass is 10.2. The van der Waals surface area contributed by atoms with Crippen LogP contribution in [-0.2, 0) is 9.59 Å². The van der Waals surface area contributed by atoms with E-state index >= 15 is 0 Å². The molecule has 6 heteroatoms. The Balaban J connectivity index is 2.74. The Labute approximate surface area is 143 Å². The zero-order chi connectivity index (χ0) is 17.4. The topological polar surface area (TPSA) is 49.9 Å². The van der Waals surface area contributed by atoms with Crippen molar-refractivity contribution in [3.63, 3.8) is 0 Å². The molecule has 0 aliphatic heterocycles. The van der Waals surface area contributed by atoms with E-state index in [1.54, 1.807) is 35.0 Å². The lowest BCUT2D eigenvalue weighted by Gasteiger charge is -2.23. The highest BCUT2D eigenvalue weighted by molar-refractivity contribution is 6.32. The third kappa shape index (κ3) is 5.75. The molecule has 0 aliphatic carbocycles. The van der Waals surface area contributed by atoms with Crippen LogP contribution in [0.15, 0.2) is 18.2 Å². The maximum Gasteiger partial charge on any atom is 0.224 e. The van der Waals surface area contributed by atoms with Gasteiger partial charge in [0.15, 0.2) is 0 Å². The van der Waals surface area contributed by atoms with Gasteiger partial charge in [-0.1, -0.05) is 24.9 Å². The number of ether oxygens (including phenoxy) is 1. The van der Waals surface area contributed by atoms with Crippen LogP contribution in [0.1, 0.15) is 33.1 Å². The summed E-state index contributed by atoms with van der Waals surface area (Å²) in [4.78, 5) is 27.3. The number of amides is 2. The molecule has 0 atom stereocenters. The summed E-state index contributed by atoms with van der Waals surface area (Å²) >= 11 is 6.11. The zero-order valence-electron chi connectivity index (χ0n) is 14.3. The van der Waals surface area contributed by atoms with Crippen LogP contribution in [-0.4, -0.2) is 44.0 Å². The lowest BCUT2D eigenvalue weighted by Crippen LogP contribution is -2.35. The zero-order valence-corrected chi connectivity index (χ0v) is 15.0. The van der Waals surface area contributed by atoms with Gasteiger partial charge in [-0.25, -0.2) is 0 Å². The summed E-state index contributed by atoms with van der Waals surface area (Å²) in [5.41, 5.74) is 0.660. The summed E-state index contributed by atoms with van der Waals surface area (Å²) in [5, 5.41) is 0.433. The van der Waals surface area contributed by atoms with E-state index in [2.05, 4.69) is 6.92 Å². The van der Waals surface area contributed by atoms with E-state index in [0.29, 0.717) is 23.0 Å². The highest BCUT2D eigenvalue weighted by atomic mass is 35.5. The van der Waals surface area contributed by atoms with E-state index in [9.17, 15) is 9.59 Å². The Hall–Kier alpha value is -1.75. The summed E-state index contributed by atoms with van der Waals surface area (Å²) in [7, 11) is 3.33. The van der Waals surface area contributed by atoms with Crippen molar-refractivity contribution in [2.75, 3.05) is 32.1 Å². The van der Waals surface area contributed by atoms with Crippen LogP contribution < -0.4 is 9.64 Å². The molecule has 128 valence electrons. The average Bonchev–Trinajstić information content (AvgIpc) is 2.52. The van der Waals surface area contributed by atoms with Crippen LogP contribution in [0, 0.1) is 0 Å². The molecular formula is C17H25ClN2O3. The predicted molar refractivity (Wildman–Crippen MR) is 93.2 cm³/mol. The molecular weight excluding hydrogens is 316 g/mol. The fraction of sp³-hybridized carbons (Fsp3) is 0.529. The van der Waals surface area contributed by atoms with Gasteiger partial charge in [-0.2, -0.15) is 0 Å². The molecule has 5 nitrogen and oxygen atoms in total. The Morgan fingerprint density at radius 3 is 2.48 bits per heavy atom. The van der Waals surface area contributed by atoms with E-state index in [1.165, 1.54) is 14.0 Å². The number of carbonyl (C=O) groups is 2. The van der Waals surface area contributed by atoms with Gasteiger partial charge < -0.3 is 14.5 Å². The molecule has 0 saturated carbocycles. The summed E-state index contributed by atoms with van der Waals surface area (Å²) in [6.45, 7) is 4.63. The molecule has 0 aliphatic rings. The normalized spacial score (nSPS) is 10.3. The maximum atomic E-state index is 12.1. The van der Waals surface area contributed by atoms with Crippen molar-refractivity contribution in [1.29, 1.82) is 0 Å². The molecule has 0 fully saturated rings. The van der Waals surface area contributed by atoms with E-state index in [1.807, 2.05) is 0 Å². The van der Waals surface area contributed by atoms with Gasteiger partial charge in [0.05, 0.1) is 12.1 Å². The summed E-state index contributed by atoms with van der Waals surface area (Å²) in [6, 6.07) is 5.15. The highest BCUT2D eigenvalue weighted by Crippen LogP contribution is 2.29. The number of hydrogen-bond acceptors (Lipinski definition) is 3. The molecule has 1 rings (SSSR count). The molecule has 0 aromatic heterocycles. The van der Waals surface area contributed by atoms with Crippen LogP contribution >= 0.6 is 11.6 Å². The Bertz CT molecular complexity index is 549. The van der Waals surface area contributed by atoms with Crippen molar-refractivity contribution < 1.29 is 14.3 Å². The second kappa shape index (κ2) is 9.40. The summed E-state index contributed by atoms with van der Waals surface area (Å²) in [5.74, 6) is 0.453. The number of rotatable bonds is 8. The average molecular weight is 341 g/mol. The molecule has 2 amide bonds. The first-order valence-electron chi connectivity index (χ1n) is 7.76. The molecule has 1 aromatic rings. The van der Waals surface area contributed by atoms with Gasteiger partial charge in [-0.05, 0) is 24.6 Å². The largest absolute Gasteiger partial charge is 0.495 e. The number of halogens is 1. The van der Waals surface area contributed by atoms with E-state index in [-0.39, 0.29) is 18.2 Å². The van der Waals surface area contributed by atoms with E-state index < -0.39 is 0 Å². The quantitative estimate of drug-likeness (QED) is 0.729. The second-order valence-electron chi connectivity index (χ2n) is 5.41.